The van der Waals surface area contributed by atoms with Crippen LogP contribution in [0.5, 0.6) is 0 Å². The first kappa shape index (κ1) is 11.7. The summed E-state index contributed by atoms with van der Waals surface area (Å²) in [7, 11) is 2.04. The third-order valence-corrected chi connectivity index (χ3v) is 3.40. The minimum atomic E-state index is 0.542. The van der Waals surface area contributed by atoms with E-state index in [0.717, 1.165) is 12.7 Å². The second-order valence-corrected chi connectivity index (χ2v) is 4.60. The van der Waals surface area contributed by atoms with Gasteiger partial charge in [0.1, 0.15) is 5.76 Å². The van der Waals surface area contributed by atoms with Gasteiger partial charge in [-0.05, 0) is 18.1 Å². The van der Waals surface area contributed by atoms with Crippen LogP contribution in [0.25, 0.3) is 10.9 Å². The van der Waals surface area contributed by atoms with Crippen molar-refractivity contribution in [3.05, 3.63) is 53.5 Å². The van der Waals surface area contributed by atoms with Crippen molar-refractivity contribution in [1.29, 1.82) is 0 Å². The molecule has 0 saturated carbocycles. The van der Waals surface area contributed by atoms with Gasteiger partial charge < -0.3 is 9.09 Å². The number of fused-ring (bicyclic) bond motifs is 1. The van der Waals surface area contributed by atoms with Crippen LogP contribution in [0.15, 0.2) is 41.2 Å². The van der Waals surface area contributed by atoms with E-state index in [1.807, 2.05) is 19.2 Å². The van der Waals surface area contributed by atoms with Gasteiger partial charge in [-0.3, -0.25) is 4.79 Å². The SMILES string of the molecule is Cn1cc(CCc2oncc2C=O)c2ccccc21. The molecule has 3 aromatic rings. The van der Waals surface area contributed by atoms with Crippen LogP contribution in [0.4, 0.5) is 0 Å². The predicted molar refractivity (Wildman–Crippen MR) is 72.2 cm³/mol. The van der Waals surface area contributed by atoms with Crippen molar-refractivity contribution in [3.8, 4) is 0 Å². The number of hydrogen-bond acceptors (Lipinski definition) is 3. The second-order valence-electron chi connectivity index (χ2n) is 4.60. The van der Waals surface area contributed by atoms with Crippen LogP contribution >= 0.6 is 0 Å². The predicted octanol–water partition coefficient (Wildman–Crippen LogP) is 2.76. The number of aromatic nitrogens is 2. The molecule has 0 N–H and O–H groups in total. The lowest BCUT2D eigenvalue weighted by Gasteiger charge is -1.97. The average Bonchev–Trinajstić information content (AvgIpc) is 3.02. The molecular formula is C15H14N2O2. The highest BCUT2D eigenvalue weighted by molar-refractivity contribution is 5.84. The first-order valence-corrected chi connectivity index (χ1v) is 6.21. The number of aryl methyl sites for hydroxylation is 3. The highest BCUT2D eigenvalue weighted by atomic mass is 16.5. The van der Waals surface area contributed by atoms with Crippen molar-refractivity contribution in [1.82, 2.24) is 9.72 Å². The number of hydrogen-bond donors (Lipinski definition) is 0. The lowest BCUT2D eigenvalue weighted by atomic mass is 10.1. The molecule has 0 atom stereocenters. The average molecular weight is 254 g/mol. The summed E-state index contributed by atoms with van der Waals surface area (Å²) < 4.78 is 7.22. The zero-order chi connectivity index (χ0) is 13.2. The molecule has 0 unspecified atom stereocenters. The topological polar surface area (TPSA) is 48.0 Å². The Bertz CT molecular complexity index is 725. The van der Waals surface area contributed by atoms with Gasteiger partial charge in [0.15, 0.2) is 6.29 Å². The van der Waals surface area contributed by atoms with Crippen LogP contribution in [0.2, 0.25) is 0 Å². The monoisotopic (exact) mass is 254 g/mol. The van der Waals surface area contributed by atoms with E-state index in [0.29, 0.717) is 17.7 Å². The quantitative estimate of drug-likeness (QED) is 0.673. The van der Waals surface area contributed by atoms with E-state index in [1.165, 1.54) is 22.7 Å². The van der Waals surface area contributed by atoms with Crippen molar-refractivity contribution in [2.24, 2.45) is 7.05 Å². The molecule has 0 fully saturated rings. The Kier molecular flexibility index (Phi) is 2.91. The Morgan fingerprint density at radius 2 is 2.16 bits per heavy atom. The Labute approximate surface area is 110 Å². The fourth-order valence-corrected chi connectivity index (χ4v) is 2.43. The van der Waals surface area contributed by atoms with E-state index in [2.05, 4.69) is 28.1 Å². The molecule has 3 rings (SSSR count). The number of aldehydes is 1. The maximum Gasteiger partial charge on any atom is 0.155 e. The highest BCUT2D eigenvalue weighted by Gasteiger charge is 2.10. The van der Waals surface area contributed by atoms with Crippen molar-refractivity contribution in [3.63, 3.8) is 0 Å². The lowest BCUT2D eigenvalue weighted by Crippen LogP contribution is -1.92. The smallest absolute Gasteiger partial charge is 0.155 e. The van der Waals surface area contributed by atoms with Crippen LogP contribution in [0.1, 0.15) is 21.7 Å². The summed E-state index contributed by atoms with van der Waals surface area (Å²) >= 11 is 0. The molecule has 0 bridgehead atoms. The molecule has 2 heterocycles. The molecule has 0 aliphatic heterocycles. The summed E-state index contributed by atoms with van der Waals surface area (Å²) in [5.74, 6) is 0.655. The molecule has 0 aliphatic rings. The normalized spacial score (nSPS) is 11.0. The van der Waals surface area contributed by atoms with Gasteiger partial charge >= 0.3 is 0 Å². The van der Waals surface area contributed by atoms with Gasteiger partial charge in [0, 0.05) is 30.6 Å². The Balaban J connectivity index is 1.88. The molecule has 4 nitrogen and oxygen atoms in total. The molecule has 4 heteroatoms. The Morgan fingerprint density at radius 1 is 1.32 bits per heavy atom. The largest absolute Gasteiger partial charge is 0.361 e. The summed E-state index contributed by atoms with van der Waals surface area (Å²) in [6.07, 6.45) is 5.89. The van der Waals surface area contributed by atoms with E-state index < -0.39 is 0 Å². The number of para-hydroxylation sites is 1. The van der Waals surface area contributed by atoms with Gasteiger partial charge in [0.05, 0.1) is 11.8 Å². The molecule has 0 amide bonds. The Hall–Kier alpha value is -2.36. The molecule has 0 spiro atoms. The van der Waals surface area contributed by atoms with Crippen molar-refractivity contribution in [2.45, 2.75) is 12.8 Å². The number of carbonyl (C=O) groups excluding carboxylic acids is 1. The van der Waals surface area contributed by atoms with Crippen LogP contribution in [-0.2, 0) is 19.9 Å². The molecule has 0 saturated heterocycles. The summed E-state index contributed by atoms with van der Waals surface area (Å²) in [6.45, 7) is 0. The van der Waals surface area contributed by atoms with Crippen molar-refractivity contribution < 1.29 is 9.32 Å². The maximum atomic E-state index is 10.8. The number of carbonyl (C=O) groups is 1. The molecule has 2 aromatic heterocycles. The Morgan fingerprint density at radius 3 is 3.00 bits per heavy atom. The lowest BCUT2D eigenvalue weighted by molar-refractivity contribution is 0.112. The minimum Gasteiger partial charge on any atom is -0.361 e. The van der Waals surface area contributed by atoms with Gasteiger partial charge in [0.25, 0.3) is 0 Å². The number of rotatable bonds is 4. The van der Waals surface area contributed by atoms with Crippen LogP contribution in [-0.4, -0.2) is 16.0 Å². The number of nitrogens with zero attached hydrogens (tertiary/aromatic N) is 2. The highest BCUT2D eigenvalue weighted by Crippen LogP contribution is 2.22. The maximum absolute atomic E-state index is 10.8. The van der Waals surface area contributed by atoms with E-state index in [9.17, 15) is 4.79 Å². The zero-order valence-corrected chi connectivity index (χ0v) is 10.7. The second kappa shape index (κ2) is 4.72. The van der Waals surface area contributed by atoms with Crippen LogP contribution < -0.4 is 0 Å². The summed E-state index contributed by atoms with van der Waals surface area (Å²) in [4.78, 5) is 10.8. The molecule has 96 valence electrons. The summed E-state index contributed by atoms with van der Waals surface area (Å²) in [5.41, 5.74) is 3.01. The van der Waals surface area contributed by atoms with Gasteiger partial charge in [-0.25, -0.2) is 0 Å². The molecular weight excluding hydrogens is 240 g/mol. The zero-order valence-electron chi connectivity index (χ0n) is 10.7. The van der Waals surface area contributed by atoms with Crippen molar-refractivity contribution >= 4 is 17.2 Å². The van der Waals surface area contributed by atoms with Gasteiger partial charge in [-0.1, -0.05) is 23.4 Å². The van der Waals surface area contributed by atoms with E-state index >= 15 is 0 Å². The standard InChI is InChI=1S/C15H14N2O2/c1-17-9-11(13-4-2-3-5-14(13)17)6-7-15-12(10-18)8-16-19-15/h2-5,8-10H,6-7H2,1H3. The van der Waals surface area contributed by atoms with Gasteiger partial charge in [-0.2, -0.15) is 0 Å². The fourth-order valence-electron chi connectivity index (χ4n) is 2.43. The van der Waals surface area contributed by atoms with E-state index in [4.69, 9.17) is 4.52 Å². The third kappa shape index (κ3) is 2.05. The first-order chi connectivity index (χ1) is 9.29. The van der Waals surface area contributed by atoms with Crippen LogP contribution in [0.3, 0.4) is 0 Å². The number of benzene rings is 1. The summed E-state index contributed by atoms with van der Waals surface area (Å²) in [5, 5.41) is 4.91. The van der Waals surface area contributed by atoms with Gasteiger partial charge in [-0.15, -0.1) is 0 Å². The van der Waals surface area contributed by atoms with Gasteiger partial charge in [0.2, 0.25) is 0 Å². The van der Waals surface area contributed by atoms with E-state index in [-0.39, 0.29) is 0 Å². The first-order valence-electron chi connectivity index (χ1n) is 6.21. The molecule has 0 aliphatic carbocycles. The third-order valence-electron chi connectivity index (χ3n) is 3.40. The summed E-state index contributed by atoms with van der Waals surface area (Å²) in [6, 6.07) is 8.29. The minimum absolute atomic E-state index is 0.542. The fraction of sp³-hybridized carbons (Fsp3) is 0.200. The van der Waals surface area contributed by atoms with Crippen molar-refractivity contribution in [2.75, 3.05) is 0 Å². The molecule has 19 heavy (non-hydrogen) atoms. The molecule has 1 aromatic carbocycles. The van der Waals surface area contributed by atoms with Crippen LogP contribution in [0, 0.1) is 0 Å². The molecule has 0 radical (unpaired) electrons. The van der Waals surface area contributed by atoms with E-state index in [1.54, 1.807) is 0 Å².